The summed E-state index contributed by atoms with van der Waals surface area (Å²) >= 11 is 0. The van der Waals surface area contributed by atoms with Gasteiger partial charge in [-0.05, 0) is 29.7 Å². The van der Waals surface area contributed by atoms with E-state index in [2.05, 4.69) is 32.6 Å². The lowest BCUT2D eigenvalue weighted by atomic mass is 9.96. The molecule has 0 bridgehead atoms. The van der Waals surface area contributed by atoms with E-state index in [1.54, 1.807) is 7.11 Å². The average molecular weight is 277 g/mol. The smallest absolute Gasteiger partial charge is 0.151 e. The Hall–Kier alpha value is -1.35. The summed E-state index contributed by atoms with van der Waals surface area (Å²) in [6, 6.07) is 7.71. The van der Waals surface area contributed by atoms with Crippen molar-refractivity contribution in [2.24, 2.45) is 5.41 Å². The predicted octanol–water partition coefficient (Wildman–Crippen LogP) is 3.17. The van der Waals surface area contributed by atoms with Crippen LogP contribution in [0.25, 0.3) is 0 Å². The standard InChI is InChI=1S/C17H27NO2/c1-6-18(13-17(2,3)4)12-15(19)11-14-7-9-16(20-5)10-8-14/h7-10H,6,11-13H2,1-5H3. The Morgan fingerprint density at radius 1 is 1.20 bits per heavy atom. The number of hydrogen-bond donors (Lipinski definition) is 0. The van der Waals surface area contributed by atoms with Crippen molar-refractivity contribution < 1.29 is 9.53 Å². The topological polar surface area (TPSA) is 29.5 Å². The number of carbonyl (C=O) groups excluding carboxylic acids is 1. The van der Waals surface area contributed by atoms with Crippen molar-refractivity contribution in [3.63, 3.8) is 0 Å². The van der Waals surface area contributed by atoms with Gasteiger partial charge in [-0.1, -0.05) is 39.8 Å². The number of ketones is 1. The monoisotopic (exact) mass is 277 g/mol. The summed E-state index contributed by atoms with van der Waals surface area (Å²) in [5.41, 5.74) is 1.26. The van der Waals surface area contributed by atoms with Gasteiger partial charge in [0.15, 0.2) is 5.78 Å². The third-order valence-corrected chi connectivity index (χ3v) is 3.11. The summed E-state index contributed by atoms with van der Waals surface area (Å²) in [5, 5.41) is 0. The molecule has 0 heterocycles. The molecule has 0 aromatic heterocycles. The Morgan fingerprint density at radius 3 is 2.25 bits per heavy atom. The van der Waals surface area contributed by atoms with Crippen molar-refractivity contribution in [3.8, 4) is 5.75 Å². The van der Waals surface area contributed by atoms with Crippen molar-refractivity contribution in [1.29, 1.82) is 0 Å². The molecule has 0 amide bonds. The van der Waals surface area contributed by atoms with Crippen molar-refractivity contribution in [1.82, 2.24) is 4.90 Å². The average Bonchev–Trinajstić information content (AvgIpc) is 2.37. The number of rotatable bonds is 7. The van der Waals surface area contributed by atoms with Gasteiger partial charge in [-0.25, -0.2) is 0 Å². The summed E-state index contributed by atoms with van der Waals surface area (Å²) in [6.07, 6.45) is 0.491. The van der Waals surface area contributed by atoms with Crippen molar-refractivity contribution in [3.05, 3.63) is 29.8 Å². The molecule has 112 valence electrons. The number of carbonyl (C=O) groups is 1. The number of likely N-dealkylation sites (N-methyl/N-ethyl adjacent to an activating group) is 1. The van der Waals surface area contributed by atoms with Crippen molar-refractivity contribution in [2.45, 2.75) is 34.1 Å². The summed E-state index contributed by atoms with van der Waals surface area (Å²) in [7, 11) is 1.64. The highest BCUT2D eigenvalue weighted by molar-refractivity contribution is 5.82. The van der Waals surface area contributed by atoms with E-state index >= 15 is 0 Å². The number of Topliss-reactive ketones (excluding diaryl/α,β-unsaturated/α-hetero) is 1. The van der Waals surface area contributed by atoms with Gasteiger partial charge in [0, 0.05) is 13.0 Å². The second kappa shape index (κ2) is 7.44. The Morgan fingerprint density at radius 2 is 1.80 bits per heavy atom. The molecule has 0 saturated heterocycles. The number of benzene rings is 1. The highest BCUT2D eigenvalue weighted by atomic mass is 16.5. The fourth-order valence-electron chi connectivity index (χ4n) is 2.23. The highest BCUT2D eigenvalue weighted by Crippen LogP contribution is 2.15. The van der Waals surface area contributed by atoms with Gasteiger partial charge in [0.25, 0.3) is 0 Å². The number of hydrogen-bond acceptors (Lipinski definition) is 3. The third kappa shape index (κ3) is 6.20. The van der Waals surface area contributed by atoms with E-state index in [0.29, 0.717) is 13.0 Å². The lowest BCUT2D eigenvalue weighted by Crippen LogP contribution is -2.36. The van der Waals surface area contributed by atoms with Gasteiger partial charge >= 0.3 is 0 Å². The Bertz CT molecular complexity index is 418. The van der Waals surface area contributed by atoms with E-state index in [1.165, 1.54) is 0 Å². The normalized spacial score (nSPS) is 11.7. The second-order valence-electron chi connectivity index (χ2n) is 6.43. The molecule has 0 spiro atoms. The highest BCUT2D eigenvalue weighted by Gasteiger charge is 2.17. The first-order chi connectivity index (χ1) is 9.34. The quantitative estimate of drug-likeness (QED) is 0.766. The largest absolute Gasteiger partial charge is 0.497 e. The Balaban J connectivity index is 2.52. The molecular weight excluding hydrogens is 250 g/mol. The Labute approximate surface area is 122 Å². The minimum Gasteiger partial charge on any atom is -0.497 e. The van der Waals surface area contributed by atoms with E-state index < -0.39 is 0 Å². The molecule has 0 unspecified atom stereocenters. The van der Waals surface area contributed by atoms with E-state index in [-0.39, 0.29) is 11.2 Å². The minimum absolute atomic E-state index is 0.219. The number of ether oxygens (including phenoxy) is 1. The van der Waals surface area contributed by atoms with Crippen molar-refractivity contribution in [2.75, 3.05) is 26.7 Å². The summed E-state index contributed by atoms with van der Waals surface area (Å²) < 4.78 is 5.12. The Kier molecular flexibility index (Phi) is 6.21. The number of methoxy groups -OCH3 is 1. The maximum atomic E-state index is 12.1. The molecule has 1 rings (SSSR count). The molecule has 0 saturated carbocycles. The fraction of sp³-hybridized carbons (Fsp3) is 0.588. The summed E-state index contributed by atoms with van der Waals surface area (Å²) in [5.74, 6) is 1.09. The van der Waals surface area contributed by atoms with Gasteiger partial charge in [-0.3, -0.25) is 9.69 Å². The van der Waals surface area contributed by atoms with Crippen LogP contribution < -0.4 is 4.74 Å². The number of nitrogens with zero attached hydrogens (tertiary/aromatic N) is 1. The van der Waals surface area contributed by atoms with Crippen LogP contribution in [0.4, 0.5) is 0 Å². The van der Waals surface area contributed by atoms with Crippen LogP contribution in [0.3, 0.4) is 0 Å². The lowest BCUT2D eigenvalue weighted by Gasteiger charge is -2.28. The first kappa shape index (κ1) is 16.7. The maximum absolute atomic E-state index is 12.1. The SMILES string of the molecule is CCN(CC(=O)Cc1ccc(OC)cc1)CC(C)(C)C. The minimum atomic E-state index is 0.219. The molecular formula is C17H27NO2. The van der Waals surface area contributed by atoms with Gasteiger partial charge in [0.1, 0.15) is 5.75 Å². The first-order valence-electron chi connectivity index (χ1n) is 7.21. The van der Waals surface area contributed by atoms with Crippen LogP contribution in [-0.4, -0.2) is 37.4 Å². The predicted molar refractivity (Wildman–Crippen MR) is 83.3 cm³/mol. The van der Waals surface area contributed by atoms with Crippen LogP contribution >= 0.6 is 0 Å². The van der Waals surface area contributed by atoms with E-state index in [0.717, 1.165) is 24.4 Å². The molecule has 0 atom stereocenters. The molecule has 1 aromatic carbocycles. The molecule has 20 heavy (non-hydrogen) atoms. The van der Waals surface area contributed by atoms with Gasteiger partial charge in [0.05, 0.1) is 13.7 Å². The molecule has 0 radical (unpaired) electrons. The van der Waals surface area contributed by atoms with E-state index in [1.807, 2.05) is 24.3 Å². The van der Waals surface area contributed by atoms with Gasteiger partial charge in [-0.15, -0.1) is 0 Å². The van der Waals surface area contributed by atoms with Crippen LogP contribution in [0.5, 0.6) is 5.75 Å². The van der Waals surface area contributed by atoms with Gasteiger partial charge in [0.2, 0.25) is 0 Å². The molecule has 0 aliphatic carbocycles. The fourth-order valence-corrected chi connectivity index (χ4v) is 2.23. The van der Waals surface area contributed by atoms with Crippen LogP contribution in [0, 0.1) is 5.41 Å². The zero-order valence-electron chi connectivity index (χ0n) is 13.4. The molecule has 3 heteroatoms. The summed E-state index contributed by atoms with van der Waals surface area (Å²) in [6.45, 7) is 11.1. The molecule has 0 N–H and O–H groups in total. The molecule has 0 aliphatic heterocycles. The maximum Gasteiger partial charge on any atom is 0.151 e. The molecule has 0 fully saturated rings. The molecule has 3 nitrogen and oxygen atoms in total. The van der Waals surface area contributed by atoms with Crippen LogP contribution in [-0.2, 0) is 11.2 Å². The lowest BCUT2D eigenvalue weighted by molar-refractivity contribution is -0.119. The van der Waals surface area contributed by atoms with Gasteiger partial charge < -0.3 is 4.74 Å². The van der Waals surface area contributed by atoms with E-state index in [4.69, 9.17) is 4.74 Å². The zero-order valence-corrected chi connectivity index (χ0v) is 13.4. The van der Waals surface area contributed by atoms with Gasteiger partial charge in [-0.2, -0.15) is 0 Å². The van der Waals surface area contributed by atoms with Crippen LogP contribution in [0.2, 0.25) is 0 Å². The summed E-state index contributed by atoms with van der Waals surface area (Å²) in [4.78, 5) is 14.4. The van der Waals surface area contributed by atoms with Crippen LogP contribution in [0.15, 0.2) is 24.3 Å². The molecule has 0 aliphatic rings. The van der Waals surface area contributed by atoms with Crippen molar-refractivity contribution >= 4 is 5.78 Å². The first-order valence-corrected chi connectivity index (χ1v) is 7.21. The zero-order chi connectivity index (χ0) is 15.2. The van der Waals surface area contributed by atoms with E-state index in [9.17, 15) is 4.79 Å². The van der Waals surface area contributed by atoms with Crippen LogP contribution in [0.1, 0.15) is 33.3 Å². The molecule has 1 aromatic rings. The third-order valence-electron chi connectivity index (χ3n) is 3.11. The second-order valence-corrected chi connectivity index (χ2v) is 6.43.